The Labute approximate surface area is 119 Å². The van der Waals surface area contributed by atoms with Gasteiger partial charge >= 0.3 is 0 Å². The van der Waals surface area contributed by atoms with Gasteiger partial charge in [-0.05, 0) is 12.0 Å². The minimum Gasteiger partial charge on any atom is -0.378 e. The van der Waals surface area contributed by atoms with E-state index >= 15 is 0 Å². The number of ether oxygens (including phenoxy) is 1. The van der Waals surface area contributed by atoms with Crippen molar-refractivity contribution in [2.75, 3.05) is 19.8 Å². The van der Waals surface area contributed by atoms with Crippen molar-refractivity contribution < 1.29 is 9.53 Å². The zero-order chi connectivity index (χ0) is 12.4. The largest absolute Gasteiger partial charge is 0.378 e. The number of nitrogens with one attached hydrogen (secondary N) is 2. The molecule has 0 spiro atoms. The van der Waals surface area contributed by atoms with Gasteiger partial charge in [-0.1, -0.05) is 30.3 Å². The van der Waals surface area contributed by atoms with Gasteiger partial charge in [-0.2, -0.15) is 0 Å². The van der Waals surface area contributed by atoms with E-state index in [1.807, 2.05) is 18.2 Å². The monoisotopic (exact) mass is 282 g/mol. The van der Waals surface area contributed by atoms with E-state index < -0.39 is 0 Å². The quantitative estimate of drug-likeness (QED) is 0.872. The predicted molar refractivity (Wildman–Crippen MR) is 75.6 cm³/mol. The Balaban J connectivity index is 0.00000133. The Morgan fingerprint density at radius 1 is 1.32 bits per heavy atom. The number of rotatable bonds is 3. The van der Waals surface area contributed by atoms with Crippen LogP contribution in [0.1, 0.15) is 17.9 Å². The molecule has 0 bridgehead atoms. The molecule has 0 aromatic heterocycles. The molecule has 1 saturated carbocycles. The second-order valence-electron chi connectivity index (χ2n) is 4.95. The van der Waals surface area contributed by atoms with E-state index in [9.17, 15) is 4.79 Å². The molecule has 1 heterocycles. The van der Waals surface area contributed by atoms with Gasteiger partial charge in [0.1, 0.15) is 6.04 Å². The van der Waals surface area contributed by atoms with Crippen molar-refractivity contribution in [3.05, 3.63) is 35.9 Å². The summed E-state index contributed by atoms with van der Waals surface area (Å²) < 4.78 is 5.29. The smallest absolute Gasteiger partial charge is 0.239 e. The van der Waals surface area contributed by atoms with Gasteiger partial charge in [0.25, 0.3) is 0 Å². The van der Waals surface area contributed by atoms with Crippen molar-refractivity contribution >= 4 is 18.3 Å². The SMILES string of the molecule is Cl.O=C(NC1CC1c1ccccc1)C1COCCN1. The number of morpholine rings is 1. The van der Waals surface area contributed by atoms with Gasteiger partial charge in [-0.25, -0.2) is 0 Å². The van der Waals surface area contributed by atoms with Crippen LogP contribution in [-0.4, -0.2) is 37.7 Å². The average molecular weight is 283 g/mol. The molecule has 1 aliphatic carbocycles. The van der Waals surface area contributed by atoms with E-state index in [0.29, 0.717) is 25.2 Å². The molecule has 1 aromatic carbocycles. The maximum absolute atomic E-state index is 12.0. The van der Waals surface area contributed by atoms with Gasteiger partial charge in [-0.15, -0.1) is 12.4 Å². The van der Waals surface area contributed by atoms with Crippen LogP contribution in [0.3, 0.4) is 0 Å². The third-order valence-electron chi connectivity index (χ3n) is 3.58. The molecule has 104 valence electrons. The van der Waals surface area contributed by atoms with Crippen molar-refractivity contribution in [3.8, 4) is 0 Å². The summed E-state index contributed by atoms with van der Waals surface area (Å²) in [6.45, 7) is 1.93. The van der Waals surface area contributed by atoms with Crippen molar-refractivity contribution in [1.82, 2.24) is 10.6 Å². The maximum atomic E-state index is 12.0. The summed E-state index contributed by atoms with van der Waals surface area (Å²) in [6, 6.07) is 10.5. The highest BCUT2D eigenvalue weighted by Crippen LogP contribution is 2.40. The zero-order valence-corrected chi connectivity index (χ0v) is 11.5. The summed E-state index contributed by atoms with van der Waals surface area (Å²) in [5.74, 6) is 0.554. The average Bonchev–Trinajstić information content (AvgIpc) is 3.20. The number of benzene rings is 1. The molecule has 1 amide bonds. The van der Waals surface area contributed by atoms with Gasteiger partial charge < -0.3 is 15.4 Å². The molecule has 5 heteroatoms. The first-order valence-corrected chi connectivity index (χ1v) is 6.51. The molecule has 2 fully saturated rings. The normalized spacial score (nSPS) is 29.2. The van der Waals surface area contributed by atoms with Crippen molar-refractivity contribution in [2.24, 2.45) is 0 Å². The molecule has 1 saturated heterocycles. The lowest BCUT2D eigenvalue weighted by Gasteiger charge is -2.22. The fraction of sp³-hybridized carbons (Fsp3) is 0.500. The molecule has 2 aliphatic rings. The van der Waals surface area contributed by atoms with Crippen LogP contribution in [0.2, 0.25) is 0 Å². The van der Waals surface area contributed by atoms with Crippen LogP contribution >= 0.6 is 12.4 Å². The summed E-state index contributed by atoms with van der Waals surface area (Å²) in [7, 11) is 0. The van der Waals surface area contributed by atoms with E-state index in [1.54, 1.807) is 0 Å². The Morgan fingerprint density at radius 3 is 2.79 bits per heavy atom. The summed E-state index contributed by atoms with van der Waals surface area (Å²) >= 11 is 0. The molecule has 3 unspecified atom stereocenters. The second kappa shape index (κ2) is 6.37. The summed E-state index contributed by atoms with van der Waals surface area (Å²) in [5.41, 5.74) is 1.32. The van der Waals surface area contributed by atoms with E-state index in [4.69, 9.17) is 4.74 Å². The van der Waals surface area contributed by atoms with Gasteiger partial charge in [0.05, 0.1) is 13.2 Å². The van der Waals surface area contributed by atoms with E-state index in [2.05, 4.69) is 22.8 Å². The van der Waals surface area contributed by atoms with Gasteiger partial charge in [0.15, 0.2) is 0 Å². The summed E-state index contributed by atoms with van der Waals surface area (Å²) in [4.78, 5) is 12.0. The summed E-state index contributed by atoms with van der Waals surface area (Å²) in [6.07, 6.45) is 1.04. The lowest BCUT2D eigenvalue weighted by atomic mass is 10.1. The van der Waals surface area contributed by atoms with Crippen molar-refractivity contribution in [2.45, 2.75) is 24.4 Å². The maximum Gasteiger partial charge on any atom is 0.239 e. The van der Waals surface area contributed by atoms with E-state index in [0.717, 1.165) is 13.0 Å². The Bertz CT molecular complexity index is 421. The van der Waals surface area contributed by atoms with Crippen LogP contribution in [0.5, 0.6) is 0 Å². The molecule has 0 radical (unpaired) electrons. The number of carbonyl (C=O) groups is 1. The van der Waals surface area contributed by atoms with Crippen molar-refractivity contribution in [1.29, 1.82) is 0 Å². The molecule has 2 N–H and O–H groups in total. The van der Waals surface area contributed by atoms with Crippen LogP contribution in [-0.2, 0) is 9.53 Å². The number of carbonyl (C=O) groups excluding carboxylic acids is 1. The fourth-order valence-corrected chi connectivity index (χ4v) is 2.44. The lowest BCUT2D eigenvalue weighted by Crippen LogP contribution is -2.51. The fourth-order valence-electron chi connectivity index (χ4n) is 2.44. The van der Waals surface area contributed by atoms with Crippen LogP contribution < -0.4 is 10.6 Å². The van der Waals surface area contributed by atoms with E-state index in [1.165, 1.54) is 5.56 Å². The summed E-state index contributed by atoms with van der Waals surface area (Å²) in [5, 5.41) is 6.26. The van der Waals surface area contributed by atoms with Crippen molar-refractivity contribution in [3.63, 3.8) is 0 Å². The molecule has 19 heavy (non-hydrogen) atoms. The third-order valence-corrected chi connectivity index (χ3v) is 3.58. The first kappa shape index (κ1) is 14.3. The molecular weight excluding hydrogens is 264 g/mol. The molecular formula is C14H19ClN2O2. The highest BCUT2D eigenvalue weighted by molar-refractivity contribution is 5.85. The lowest BCUT2D eigenvalue weighted by molar-refractivity contribution is -0.126. The third kappa shape index (κ3) is 3.47. The second-order valence-corrected chi connectivity index (χ2v) is 4.95. The molecule has 1 aliphatic heterocycles. The van der Waals surface area contributed by atoms with Gasteiger partial charge in [0.2, 0.25) is 5.91 Å². The highest BCUT2D eigenvalue weighted by atomic mass is 35.5. The Morgan fingerprint density at radius 2 is 2.11 bits per heavy atom. The molecule has 3 rings (SSSR count). The minimum atomic E-state index is -0.184. The first-order valence-electron chi connectivity index (χ1n) is 6.51. The number of amides is 1. The minimum absolute atomic E-state index is 0. The molecule has 4 nitrogen and oxygen atoms in total. The highest BCUT2D eigenvalue weighted by Gasteiger charge is 2.40. The number of hydrogen-bond acceptors (Lipinski definition) is 3. The first-order chi connectivity index (χ1) is 8.84. The van der Waals surface area contributed by atoms with E-state index in [-0.39, 0.29) is 24.4 Å². The van der Waals surface area contributed by atoms with Gasteiger partial charge in [-0.3, -0.25) is 4.79 Å². The predicted octanol–water partition coefficient (Wildman–Crippen LogP) is 1.07. The van der Waals surface area contributed by atoms with Crippen LogP contribution in [0.25, 0.3) is 0 Å². The Hall–Kier alpha value is -1.10. The number of hydrogen-bond donors (Lipinski definition) is 2. The zero-order valence-electron chi connectivity index (χ0n) is 10.7. The number of halogens is 1. The Kier molecular flexibility index (Phi) is 4.80. The van der Waals surface area contributed by atoms with Gasteiger partial charge in [0, 0.05) is 18.5 Å². The molecule has 3 atom stereocenters. The topological polar surface area (TPSA) is 50.4 Å². The van der Waals surface area contributed by atoms with Crippen LogP contribution in [0.4, 0.5) is 0 Å². The van der Waals surface area contributed by atoms with Crippen LogP contribution in [0, 0.1) is 0 Å². The standard InChI is InChI=1S/C14H18N2O2.ClH/c17-14(13-9-18-7-6-15-13)16-12-8-11(12)10-4-2-1-3-5-10;/h1-5,11-13,15H,6-9H2,(H,16,17);1H. The molecule has 1 aromatic rings. The van der Waals surface area contributed by atoms with Crippen LogP contribution in [0.15, 0.2) is 30.3 Å².